The standard InChI is InChI=1S/C26H29FN6O5/c1-16(34)29-14-21-15-33(26(36)38-21)19-5-8-23(22(27)12-19)32-10-9-17(13-28)11-24(32)30-31-25(35)18-3-6-20(37-2)7-4-18/h3-8,12,17,21,25,31,35H,9-11,14-15H2,1-2H3,(H,29,34)/t17?,21-,25?/m0/s1. The zero-order chi connectivity index (χ0) is 27.2. The highest BCUT2D eigenvalue weighted by Crippen LogP contribution is 2.31. The number of ether oxygens (including phenoxy) is 2. The summed E-state index contributed by atoms with van der Waals surface area (Å²) in [6.07, 6.45) is -1.51. The first-order chi connectivity index (χ1) is 18.3. The molecule has 12 heteroatoms. The van der Waals surface area contributed by atoms with Gasteiger partial charge in [-0.05, 0) is 36.8 Å². The highest BCUT2D eigenvalue weighted by Gasteiger charge is 2.33. The van der Waals surface area contributed by atoms with E-state index in [1.165, 1.54) is 17.9 Å². The van der Waals surface area contributed by atoms with Crippen LogP contribution in [0.3, 0.4) is 0 Å². The van der Waals surface area contributed by atoms with Gasteiger partial charge in [0.2, 0.25) is 5.91 Å². The lowest BCUT2D eigenvalue weighted by atomic mass is 9.97. The summed E-state index contributed by atoms with van der Waals surface area (Å²) in [4.78, 5) is 26.4. The highest BCUT2D eigenvalue weighted by atomic mass is 19.1. The molecule has 0 aromatic heterocycles. The molecule has 0 bridgehead atoms. The van der Waals surface area contributed by atoms with Crippen molar-refractivity contribution >= 4 is 29.2 Å². The van der Waals surface area contributed by atoms with E-state index in [0.29, 0.717) is 35.8 Å². The van der Waals surface area contributed by atoms with Gasteiger partial charge in [0.25, 0.3) is 0 Å². The lowest BCUT2D eigenvalue weighted by Crippen LogP contribution is -2.40. The second-order valence-corrected chi connectivity index (χ2v) is 8.99. The number of carbonyl (C=O) groups is 2. The largest absolute Gasteiger partial charge is 0.497 e. The third-order valence-electron chi connectivity index (χ3n) is 6.36. The minimum Gasteiger partial charge on any atom is -0.497 e. The van der Waals surface area contributed by atoms with Gasteiger partial charge in [0, 0.05) is 25.5 Å². The Morgan fingerprint density at radius 1 is 1.32 bits per heavy atom. The van der Waals surface area contributed by atoms with Gasteiger partial charge in [-0.2, -0.15) is 10.4 Å². The first-order valence-electron chi connectivity index (χ1n) is 12.1. The van der Waals surface area contributed by atoms with Crippen molar-refractivity contribution in [3.63, 3.8) is 0 Å². The van der Waals surface area contributed by atoms with Crippen LogP contribution in [0.2, 0.25) is 0 Å². The highest BCUT2D eigenvalue weighted by molar-refractivity contribution is 5.99. The molecule has 2 aliphatic rings. The Hall–Kier alpha value is -4.37. The summed E-state index contributed by atoms with van der Waals surface area (Å²) in [6.45, 7) is 2.06. The average molecular weight is 525 g/mol. The predicted molar refractivity (Wildman–Crippen MR) is 137 cm³/mol. The number of nitriles is 1. The summed E-state index contributed by atoms with van der Waals surface area (Å²) in [7, 11) is 1.55. The number of nitrogens with zero attached hydrogens (tertiary/aromatic N) is 4. The molecule has 2 amide bonds. The SMILES string of the molecule is COc1ccc(C(O)NN=C2CC(C#N)CCN2c2ccc(N3C[C@H](CNC(C)=O)OC3=O)cc2F)cc1. The summed E-state index contributed by atoms with van der Waals surface area (Å²) in [6, 6.07) is 13.4. The Bertz CT molecular complexity index is 1250. The summed E-state index contributed by atoms with van der Waals surface area (Å²) < 4.78 is 25.8. The Labute approximate surface area is 219 Å². The molecule has 4 rings (SSSR count). The molecule has 200 valence electrons. The van der Waals surface area contributed by atoms with Crippen LogP contribution in [-0.4, -0.2) is 55.8 Å². The van der Waals surface area contributed by atoms with E-state index >= 15 is 4.39 Å². The Morgan fingerprint density at radius 2 is 2.08 bits per heavy atom. The van der Waals surface area contributed by atoms with Crippen molar-refractivity contribution in [2.75, 3.05) is 36.5 Å². The third kappa shape index (κ3) is 6.12. The van der Waals surface area contributed by atoms with Gasteiger partial charge in [0.05, 0.1) is 43.6 Å². The summed E-state index contributed by atoms with van der Waals surface area (Å²) in [5.41, 5.74) is 3.79. The van der Waals surface area contributed by atoms with Crippen molar-refractivity contribution in [1.29, 1.82) is 5.26 Å². The average Bonchev–Trinajstić information content (AvgIpc) is 3.30. The quantitative estimate of drug-likeness (QED) is 0.354. The van der Waals surface area contributed by atoms with E-state index in [2.05, 4.69) is 21.9 Å². The Balaban J connectivity index is 1.51. The molecule has 2 aliphatic heterocycles. The number of cyclic esters (lactones) is 1. The first-order valence-corrected chi connectivity index (χ1v) is 12.1. The number of hydrogen-bond acceptors (Lipinski definition) is 8. The number of carbonyl (C=O) groups excluding carboxylic acids is 2. The summed E-state index contributed by atoms with van der Waals surface area (Å²) >= 11 is 0. The van der Waals surface area contributed by atoms with Crippen molar-refractivity contribution in [3.05, 3.63) is 53.8 Å². The zero-order valence-electron chi connectivity index (χ0n) is 21.1. The maximum Gasteiger partial charge on any atom is 0.414 e. The van der Waals surface area contributed by atoms with Crippen LogP contribution in [0.15, 0.2) is 47.6 Å². The first kappa shape index (κ1) is 26.7. The molecule has 0 aliphatic carbocycles. The minimum absolute atomic E-state index is 0.168. The number of rotatable bonds is 8. The molecule has 2 heterocycles. The van der Waals surface area contributed by atoms with Crippen molar-refractivity contribution in [3.8, 4) is 11.8 Å². The number of halogens is 1. The number of amides is 2. The van der Waals surface area contributed by atoms with E-state index in [-0.39, 0.29) is 37.0 Å². The lowest BCUT2D eigenvalue weighted by Gasteiger charge is -2.33. The maximum absolute atomic E-state index is 15.4. The van der Waals surface area contributed by atoms with E-state index in [1.807, 2.05) is 0 Å². The molecule has 2 aromatic carbocycles. The number of aliphatic hydroxyl groups is 1. The van der Waals surface area contributed by atoms with Gasteiger partial charge in [0.1, 0.15) is 23.5 Å². The van der Waals surface area contributed by atoms with Gasteiger partial charge in [-0.25, -0.2) is 9.18 Å². The molecule has 2 aromatic rings. The van der Waals surface area contributed by atoms with Gasteiger partial charge in [-0.15, -0.1) is 0 Å². The number of amidine groups is 1. The Kier molecular flexibility index (Phi) is 8.28. The van der Waals surface area contributed by atoms with Gasteiger partial charge in [-0.3, -0.25) is 15.1 Å². The number of hydrogen-bond donors (Lipinski definition) is 3. The van der Waals surface area contributed by atoms with Crippen LogP contribution in [-0.2, 0) is 9.53 Å². The number of nitrogens with one attached hydrogen (secondary N) is 2. The number of piperidine rings is 1. The van der Waals surface area contributed by atoms with Crippen molar-refractivity contribution in [2.45, 2.75) is 32.1 Å². The Morgan fingerprint density at radius 3 is 2.74 bits per heavy atom. The number of methoxy groups -OCH3 is 1. The molecular weight excluding hydrogens is 495 g/mol. The van der Waals surface area contributed by atoms with Crippen LogP contribution in [0.5, 0.6) is 5.75 Å². The van der Waals surface area contributed by atoms with E-state index in [4.69, 9.17) is 9.47 Å². The van der Waals surface area contributed by atoms with Crippen LogP contribution in [0.4, 0.5) is 20.6 Å². The number of hydrazone groups is 1. The summed E-state index contributed by atoms with van der Waals surface area (Å²) in [5, 5.41) is 26.9. The topological polar surface area (TPSA) is 140 Å². The normalized spacial score (nSPS) is 21.0. The van der Waals surface area contributed by atoms with Crippen molar-refractivity contribution in [2.24, 2.45) is 11.0 Å². The van der Waals surface area contributed by atoms with E-state index in [0.717, 1.165) is 0 Å². The number of anilines is 2. The molecular formula is C26H29FN6O5. The van der Waals surface area contributed by atoms with E-state index in [9.17, 15) is 20.0 Å². The van der Waals surface area contributed by atoms with E-state index < -0.39 is 24.2 Å². The molecule has 3 atom stereocenters. The van der Waals surface area contributed by atoms with Gasteiger partial charge < -0.3 is 24.8 Å². The molecule has 2 saturated heterocycles. The van der Waals surface area contributed by atoms with Crippen LogP contribution in [0.25, 0.3) is 0 Å². The van der Waals surface area contributed by atoms with Crippen molar-refractivity contribution < 1.29 is 28.6 Å². The summed E-state index contributed by atoms with van der Waals surface area (Å²) in [5.74, 6) is -0.0740. The molecule has 11 nitrogen and oxygen atoms in total. The van der Waals surface area contributed by atoms with Gasteiger partial charge in [-0.1, -0.05) is 12.1 Å². The molecule has 38 heavy (non-hydrogen) atoms. The second kappa shape index (κ2) is 11.8. The van der Waals surface area contributed by atoms with Gasteiger partial charge >= 0.3 is 6.09 Å². The predicted octanol–water partition coefficient (Wildman–Crippen LogP) is 2.63. The number of benzene rings is 2. The molecule has 0 spiro atoms. The van der Waals surface area contributed by atoms with E-state index in [1.54, 1.807) is 48.4 Å². The number of aliphatic hydroxyl groups excluding tert-OH is 1. The van der Waals surface area contributed by atoms with Gasteiger partial charge in [0.15, 0.2) is 6.23 Å². The maximum atomic E-state index is 15.4. The van der Waals surface area contributed by atoms with Crippen molar-refractivity contribution in [1.82, 2.24) is 10.7 Å². The molecule has 0 saturated carbocycles. The van der Waals surface area contributed by atoms with Crippen LogP contribution >= 0.6 is 0 Å². The third-order valence-corrected chi connectivity index (χ3v) is 6.36. The fourth-order valence-corrected chi connectivity index (χ4v) is 4.30. The lowest BCUT2D eigenvalue weighted by molar-refractivity contribution is -0.119. The minimum atomic E-state index is -1.13. The second-order valence-electron chi connectivity index (χ2n) is 8.99. The zero-order valence-corrected chi connectivity index (χ0v) is 21.1. The molecule has 3 N–H and O–H groups in total. The monoisotopic (exact) mass is 524 g/mol. The van der Waals surface area contributed by atoms with Crippen LogP contribution in [0.1, 0.15) is 31.6 Å². The fourth-order valence-electron chi connectivity index (χ4n) is 4.30. The smallest absolute Gasteiger partial charge is 0.414 e. The van der Waals surface area contributed by atoms with Crippen LogP contribution < -0.4 is 25.3 Å². The fraction of sp³-hybridized carbons (Fsp3) is 0.385. The molecule has 2 unspecified atom stereocenters. The molecule has 0 radical (unpaired) electrons. The van der Waals surface area contributed by atoms with Crippen LogP contribution in [0, 0.1) is 23.1 Å². The molecule has 2 fully saturated rings.